The maximum absolute atomic E-state index is 11.3. The summed E-state index contributed by atoms with van der Waals surface area (Å²) in [5, 5.41) is 3.22. The second-order valence-electron chi connectivity index (χ2n) is 3.77. The van der Waals surface area contributed by atoms with Crippen LogP contribution in [0.1, 0.15) is 18.9 Å². The van der Waals surface area contributed by atoms with E-state index in [-0.39, 0.29) is 5.91 Å². The van der Waals surface area contributed by atoms with E-state index in [9.17, 15) is 4.79 Å². The molecule has 0 saturated heterocycles. The molecule has 1 aromatic rings. The van der Waals surface area contributed by atoms with Gasteiger partial charge in [0, 0.05) is 18.0 Å². The molecule has 3 nitrogen and oxygen atoms in total. The van der Waals surface area contributed by atoms with E-state index in [4.69, 9.17) is 11.6 Å². The Bertz CT molecular complexity index is 486. The number of benzene rings is 1. The smallest absolute Gasteiger partial charge is 0.249 e. The number of amides is 1. The molecule has 5 heteroatoms. The summed E-state index contributed by atoms with van der Waals surface area (Å²) >= 11 is 7.93. The van der Waals surface area contributed by atoms with Crippen molar-refractivity contribution < 1.29 is 4.79 Å². The lowest BCUT2D eigenvalue weighted by Crippen LogP contribution is -2.18. The monoisotopic (exact) mass is 296 g/mol. The zero-order chi connectivity index (χ0) is 14.1. The number of carbonyl (C=O) groups is 1. The molecule has 0 fully saturated rings. The molecule has 0 bridgehead atoms. The second-order valence-corrected chi connectivity index (χ2v) is 5.31. The predicted molar refractivity (Wildman–Crippen MR) is 84.1 cm³/mol. The maximum Gasteiger partial charge on any atom is 0.249 e. The fraction of sp³-hybridized carbons (Fsp3) is 0.286. The van der Waals surface area contributed by atoms with Gasteiger partial charge >= 0.3 is 0 Å². The summed E-state index contributed by atoms with van der Waals surface area (Å²) in [6.07, 6.45) is 5.64. The van der Waals surface area contributed by atoms with Crippen LogP contribution in [0.2, 0.25) is 5.02 Å². The van der Waals surface area contributed by atoms with Crippen LogP contribution in [-0.2, 0) is 4.79 Å². The van der Waals surface area contributed by atoms with Gasteiger partial charge in [-0.25, -0.2) is 0 Å². The highest BCUT2D eigenvalue weighted by atomic mass is 35.5. The topological polar surface area (TPSA) is 41.5 Å². The van der Waals surface area contributed by atoms with E-state index in [1.165, 1.54) is 12.4 Å². The number of nitrogens with zero attached hydrogens (tertiary/aromatic N) is 1. The third kappa shape index (κ3) is 5.94. The quantitative estimate of drug-likeness (QED) is 0.377. The number of carbonyl (C=O) groups excluding carboxylic acids is 1. The Morgan fingerprint density at radius 2 is 2.32 bits per heavy atom. The van der Waals surface area contributed by atoms with Crippen molar-refractivity contribution in [3.05, 3.63) is 34.9 Å². The number of hydrogen-bond donors (Lipinski definition) is 1. The molecule has 0 unspecified atom stereocenters. The maximum atomic E-state index is 11.3. The van der Waals surface area contributed by atoms with E-state index < -0.39 is 0 Å². The molecule has 102 valence electrons. The number of nitrogens with one attached hydrogen (secondary N) is 1. The van der Waals surface area contributed by atoms with Crippen molar-refractivity contribution in [1.29, 1.82) is 0 Å². The molecule has 19 heavy (non-hydrogen) atoms. The van der Waals surface area contributed by atoms with Crippen molar-refractivity contribution in [1.82, 2.24) is 5.32 Å². The fourth-order valence-corrected chi connectivity index (χ4v) is 2.44. The van der Waals surface area contributed by atoms with Crippen molar-refractivity contribution in [2.75, 3.05) is 12.8 Å². The van der Waals surface area contributed by atoms with Gasteiger partial charge in [0.05, 0.1) is 11.4 Å². The fourth-order valence-electron chi connectivity index (χ4n) is 1.30. The van der Waals surface area contributed by atoms with Crippen molar-refractivity contribution >= 4 is 41.7 Å². The van der Waals surface area contributed by atoms with Crippen molar-refractivity contribution in [3.63, 3.8) is 0 Å². The van der Waals surface area contributed by atoms with Crippen LogP contribution in [0.3, 0.4) is 0 Å². The normalized spacial score (nSPS) is 11.3. The molecule has 1 amide bonds. The number of aliphatic imine (C=N–C) groups is 1. The van der Waals surface area contributed by atoms with Crippen LogP contribution in [-0.4, -0.2) is 25.0 Å². The van der Waals surface area contributed by atoms with E-state index in [2.05, 4.69) is 17.2 Å². The van der Waals surface area contributed by atoms with Gasteiger partial charge in [-0.15, -0.1) is 11.8 Å². The number of hydrogen-bond acceptors (Lipinski definition) is 3. The van der Waals surface area contributed by atoms with Gasteiger partial charge in [0.25, 0.3) is 0 Å². The number of rotatable bonds is 6. The van der Waals surface area contributed by atoms with Crippen LogP contribution in [0.25, 0.3) is 6.08 Å². The van der Waals surface area contributed by atoms with Crippen molar-refractivity contribution in [2.24, 2.45) is 4.99 Å². The van der Waals surface area contributed by atoms with E-state index in [1.807, 2.05) is 18.2 Å². The zero-order valence-corrected chi connectivity index (χ0v) is 12.6. The SMILES string of the molecule is CCCSc1ccc(/C=C/C(=O)NC=NC)cc1Cl. The van der Waals surface area contributed by atoms with Gasteiger partial charge in [0.15, 0.2) is 0 Å². The molecule has 0 aliphatic carbocycles. The minimum Gasteiger partial charge on any atom is -0.314 e. The summed E-state index contributed by atoms with van der Waals surface area (Å²) in [6, 6.07) is 5.78. The van der Waals surface area contributed by atoms with Gasteiger partial charge in [-0.2, -0.15) is 0 Å². The van der Waals surface area contributed by atoms with Gasteiger partial charge < -0.3 is 5.32 Å². The van der Waals surface area contributed by atoms with E-state index in [0.29, 0.717) is 0 Å². The second kappa shape index (κ2) is 8.77. The highest BCUT2D eigenvalue weighted by Crippen LogP contribution is 2.28. The number of thioether (sulfide) groups is 1. The van der Waals surface area contributed by atoms with Crippen LogP contribution < -0.4 is 5.32 Å². The van der Waals surface area contributed by atoms with Crippen molar-refractivity contribution in [3.8, 4) is 0 Å². The summed E-state index contributed by atoms with van der Waals surface area (Å²) < 4.78 is 0. The summed E-state index contributed by atoms with van der Waals surface area (Å²) in [7, 11) is 1.59. The molecule has 0 aromatic heterocycles. The minimum absolute atomic E-state index is 0.217. The zero-order valence-electron chi connectivity index (χ0n) is 11.0. The molecule has 0 saturated carbocycles. The Kier molecular flexibility index (Phi) is 7.30. The molecule has 0 heterocycles. The van der Waals surface area contributed by atoms with E-state index in [1.54, 1.807) is 24.9 Å². The van der Waals surface area contributed by atoms with Crippen LogP contribution >= 0.6 is 23.4 Å². The van der Waals surface area contributed by atoms with Crippen LogP contribution in [0.4, 0.5) is 0 Å². The molecule has 1 N–H and O–H groups in total. The first kappa shape index (κ1) is 15.8. The highest BCUT2D eigenvalue weighted by Gasteiger charge is 2.01. The lowest BCUT2D eigenvalue weighted by molar-refractivity contribution is -0.115. The summed E-state index contributed by atoms with van der Waals surface area (Å²) in [5.41, 5.74) is 0.898. The molecule has 1 rings (SSSR count). The van der Waals surface area contributed by atoms with E-state index >= 15 is 0 Å². The van der Waals surface area contributed by atoms with Crippen LogP contribution in [0, 0.1) is 0 Å². The molecule has 0 spiro atoms. The van der Waals surface area contributed by atoms with Gasteiger partial charge in [-0.05, 0) is 35.9 Å². The summed E-state index contributed by atoms with van der Waals surface area (Å²) in [4.78, 5) is 16.1. The molecule has 1 aromatic carbocycles. The molecule has 0 atom stereocenters. The Morgan fingerprint density at radius 3 is 2.95 bits per heavy atom. The van der Waals surface area contributed by atoms with Crippen LogP contribution in [0.5, 0.6) is 0 Å². The Morgan fingerprint density at radius 1 is 1.53 bits per heavy atom. The molecule has 0 aliphatic rings. The third-order valence-corrected chi connectivity index (χ3v) is 3.88. The molecule has 0 aliphatic heterocycles. The third-order valence-electron chi connectivity index (χ3n) is 2.18. The Labute approximate surface area is 123 Å². The van der Waals surface area contributed by atoms with Crippen LogP contribution in [0.15, 0.2) is 34.2 Å². The molecule has 0 radical (unpaired) electrons. The summed E-state index contributed by atoms with van der Waals surface area (Å²) in [6.45, 7) is 2.14. The van der Waals surface area contributed by atoms with Gasteiger partial charge in [-0.1, -0.05) is 24.6 Å². The first-order valence-corrected chi connectivity index (χ1v) is 7.35. The van der Waals surface area contributed by atoms with Gasteiger partial charge in [0.2, 0.25) is 5.91 Å². The minimum atomic E-state index is -0.217. The van der Waals surface area contributed by atoms with E-state index in [0.717, 1.165) is 27.7 Å². The molecular weight excluding hydrogens is 280 g/mol. The average molecular weight is 297 g/mol. The van der Waals surface area contributed by atoms with Gasteiger partial charge in [0.1, 0.15) is 0 Å². The van der Waals surface area contributed by atoms with Crippen molar-refractivity contribution in [2.45, 2.75) is 18.2 Å². The standard InChI is InChI=1S/C14H17ClN2OS/c1-3-8-19-13-6-4-11(9-12(13)15)5-7-14(18)17-10-16-2/h4-7,9-10H,3,8H2,1-2H3,(H,16,17,18)/b7-5+. The predicted octanol–water partition coefficient (Wildman–Crippen LogP) is 3.63. The molecular formula is C14H17ClN2OS. The summed E-state index contributed by atoms with van der Waals surface area (Å²) in [5.74, 6) is 0.833. The lowest BCUT2D eigenvalue weighted by atomic mass is 10.2. The lowest BCUT2D eigenvalue weighted by Gasteiger charge is -2.03. The number of halogens is 1. The Hall–Kier alpha value is -1.26. The first-order valence-electron chi connectivity index (χ1n) is 5.99. The first-order chi connectivity index (χ1) is 9.17. The average Bonchev–Trinajstić information content (AvgIpc) is 2.41. The van der Waals surface area contributed by atoms with Gasteiger partial charge in [-0.3, -0.25) is 9.79 Å². The largest absolute Gasteiger partial charge is 0.314 e. The highest BCUT2D eigenvalue weighted by molar-refractivity contribution is 7.99. The Balaban J connectivity index is 2.67.